The Labute approximate surface area is 131 Å². The minimum absolute atomic E-state index is 0.395. The third-order valence-electron chi connectivity index (χ3n) is 3.82. The first-order valence-corrected chi connectivity index (χ1v) is 7.60. The highest BCUT2D eigenvalue weighted by molar-refractivity contribution is 5.61. The van der Waals surface area contributed by atoms with E-state index in [0.29, 0.717) is 19.4 Å². The van der Waals surface area contributed by atoms with Crippen molar-refractivity contribution in [3.63, 3.8) is 0 Å². The van der Waals surface area contributed by atoms with Crippen LogP contribution in [-0.4, -0.2) is 72.7 Å². The summed E-state index contributed by atoms with van der Waals surface area (Å²) >= 11 is 0. The van der Waals surface area contributed by atoms with Crippen molar-refractivity contribution >= 4 is 12.0 Å². The van der Waals surface area contributed by atoms with Crippen molar-refractivity contribution in [2.24, 2.45) is 0 Å². The van der Waals surface area contributed by atoms with E-state index in [9.17, 15) is 9.90 Å². The zero-order chi connectivity index (χ0) is 16.0. The standard InChI is InChI=1S/C16H25N3O3/c1-16(21,13-20)12-19-8-6-18(7-9-19)10-11-22-15-4-2-14(17)3-5-15/h2-5,13,21H,6-12,17H2,1H3. The zero-order valence-corrected chi connectivity index (χ0v) is 13.1. The van der Waals surface area contributed by atoms with E-state index < -0.39 is 5.60 Å². The number of nitrogens with two attached hydrogens (primary N) is 1. The van der Waals surface area contributed by atoms with E-state index in [1.54, 1.807) is 6.92 Å². The Bertz CT molecular complexity index is 468. The second kappa shape index (κ2) is 7.58. The maximum atomic E-state index is 10.8. The van der Waals surface area contributed by atoms with Gasteiger partial charge in [0, 0.05) is 45.0 Å². The van der Waals surface area contributed by atoms with E-state index in [1.165, 1.54) is 0 Å². The van der Waals surface area contributed by atoms with Gasteiger partial charge in [0.15, 0.2) is 6.29 Å². The van der Waals surface area contributed by atoms with E-state index in [-0.39, 0.29) is 0 Å². The second-order valence-electron chi connectivity index (χ2n) is 6.01. The molecule has 0 spiro atoms. The molecule has 6 nitrogen and oxygen atoms in total. The molecular weight excluding hydrogens is 282 g/mol. The van der Waals surface area contributed by atoms with Gasteiger partial charge in [0.1, 0.15) is 18.0 Å². The maximum absolute atomic E-state index is 10.8. The lowest BCUT2D eigenvalue weighted by Crippen LogP contribution is -2.52. The normalized spacial score (nSPS) is 19.5. The molecule has 0 bridgehead atoms. The molecule has 1 unspecified atom stereocenters. The third-order valence-corrected chi connectivity index (χ3v) is 3.82. The molecule has 1 aromatic carbocycles. The molecule has 22 heavy (non-hydrogen) atoms. The molecule has 0 amide bonds. The van der Waals surface area contributed by atoms with Crippen LogP contribution < -0.4 is 10.5 Å². The van der Waals surface area contributed by atoms with Crippen LogP contribution in [0.1, 0.15) is 6.92 Å². The summed E-state index contributed by atoms with van der Waals surface area (Å²) in [6, 6.07) is 7.39. The molecular formula is C16H25N3O3. The fraction of sp³-hybridized carbons (Fsp3) is 0.562. The number of piperazine rings is 1. The Morgan fingerprint density at radius 1 is 1.23 bits per heavy atom. The van der Waals surface area contributed by atoms with Gasteiger partial charge >= 0.3 is 0 Å². The van der Waals surface area contributed by atoms with E-state index in [0.717, 1.165) is 44.2 Å². The van der Waals surface area contributed by atoms with Crippen LogP contribution in [0.15, 0.2) is 24.3 Å². The monoisotopic (exact) mass is 307 g/mol. The lowest BCUT2D eigenvalue weighted by Gasteiger charge is -2.36. The van der Waals surface area contributed by atoms with Gasteiger partial charge in [0.25, 0.3) is 0 Å². The predicted molar refractivity (Wildman–Crippen MR) is 85.9 cm³/mol. The topological polar surface area (TPSA) is 79.0 Å². The summed E-state index contributed by atoms with van der Waals surface area (Å²) in [5.41, 5.74) is 5.11. The van der Waals surface area contributed by atoms with Crippen LogP contribution in [0, 0.1) is 0 Å². The van der Waals surface area contributed by atoms with E-state index in [1.807, 2.05) is 24.3 Å². The quantitative estimate of drug-likeness (QED) is 0.554. The first-order chi connectivity index (χ1) is 10.5. The van der Waals surface area contributed by atoms with Crippen LogP contribution in [0.5, 0.6) is 5.75 Å². The van der Waals surface area contributed by atoms with Gasteiger partial charge < -0.3 is 20.4 Å². The second-order valence-corrected chi connectivity index (χ2v) is 6.01. The molecule has 1 fully saturated rings. The van der Waals surface area contributed by atoms with E-state index >= 15 is 0 Å². The summed E-state index contributed by atoms with van der Waals surface area (Å²) in [5.74, 6) is 0.829. The number of nitrogen functional groups attached to an aromatic ring is 1. The molecule has 3 N–H and O–H groups in total. The van der Waals surface area contributed by atoms with Crippen LogP contribution in [0.3, 0.4) is 0 Å². The van der Waals surface area contributed by atoms with Crippen LogP contribution in [-0.2, 0) is 4.79 Å². The maximum Gasteiger partial charge on any atom is 0.152 e. The van der Waals surface area contributed by atoms with Gasteiger partial charge in [-0.1, -0.05) is 0 Å². The molecule has 1 saturated heterocycles. The minimum Gasteiger partial charge on any atom is -0.492 e. The average Bonchev–Trinajstić information content (AvgIpc) is 2.51. The highest BCUT2D eigenvalue weighted by Crippen LogP contribution is 2.13. The number of β-amino-alcohol motifs (C(OH)–C–C–N with tert-alkyl or cyclic N) is 1. The smallest absolute Gasteiger partial charge is 0.152 e. The SMILES string of the molecule is CC(O)(C=O)CN1CCN(CCOc2ccc(N)cc2)CC1. The van der Waals surface area contributed by atoms with Gasteiger partial charge in [-0.3, -0.25) is 9.80 Å². The number of carbonyl (C=O) groups is 1. The van der Waals surface area contributed by atoms with Gasteiger partial charge in [0.2, 0.25) is 0 Å². The molecule has 0 aliphatic carbocycles. The van der Waals surface area contributed by atoms with Crippen molar-refractivity contribution < 1.29 is 14.6 Å². The highest BCUT2D eigenvalue weighted by Gasteiger charge is 2.25. The van der Waals surface area contributed by atoms with Crippen LogP contribution in [0.25, 0.3) is 0 Å². The predicted octanol–water partition coefficient (Wildman–Crippen LogP) is 0.215. The lowest BCUT2D eigenvalue weighted by atomic mass is 10.1. The number of nitrogens with zero attached hydrogens (tertiary/aromatic N) is 2. The van der Waals surface area contributed by atoms with Crippen molar-refractivity contribution in [1.82, 2.24) is 9.80 Å². The Hall–Kier alpha value is -1.63. The molecule has 0 radical (unpaired) electrons. The largest absolute Gasteiger partial charge is 0.492 e. The Kier molecular flexibility index (Phi) is 5.76. The fourth-order valence-electron chi connectivity index (χ4n) is 2.52. The zero-order valence-electron chi connectivity index (χ0n) is 13.1. The molecule has 2 rings (SSSR count). The van der Waals surface area contributed by atoms with Gasteiger partial charge in [0.05, 0.1) is 0 Å². The van der Waals surface area contributed by atoms with Gasteiger partial charge in [-0.25, -0.2) is 0 Å². The van der Waals surface area contributed by atoms with Crippen molar-refractivity contribution in [3.8, 4) is 5.75 Å². The molecule has 1 atom stereocenters. The molecule has 1 heterocycles. The first-order valence-electron chi connectivity index (χ1n) is 7.60. The Morgan fingerprint density at radius 3 is 2.41 bits per heavy atom. The number of aldehydes is 1. The molecule has 1 aliphatic heterocycles. The third kappa shape index (κ3) is 5.29. The summed E-state index contributed by atoms with van der Waals surface area (Å²) in [6.07, 6.45) is 0.611. The van der Waals surface area contributed by atoms with Crippen LogP contribution in [0.4, 0.5) is 5.69 Å². The molecule has 122 valence electrons. The molecule has 1 aromatic rings. The lowest BCUT2D eigenvalue weighted by molar-refractivity contribution is -0.124. The first kappa shape index (κ1) is 16.7. The number of rotatable bonds is 7. The Morgan fingerprint density at radius 2 is 1.82 bits per heavy atom. The van der Waals surface area contributed by atoms with Gasteiger partial charge in [-0.15, -0.1) is 0 Å². The minimum atomic E-state index is -1.25. The molecule has 0 saturated carbocycles. The summed E-state index contributed by atoms with van der Waals surface area (Å²) in [6.45, 7) is 6.98. The number of anilines is 1. The number of hydrogen-bond acceptors (Lipinski definition) is 6. The number of aliphatic hydroxyl groups is 1. The van der Waals surface area contributed by atoms with Crippen molar-refractivity contribution in [1.29, 1.82) is 0 Å². The number of ether oxygens (including phenoxy) is 1. The summed E-state index contributed by atoms with van der Waals surface area (Å²) in [5, 5.41) is 9.78. The molecule has 1 aliphatic rings. The number of benzene rings is 1. The van der Waals surface area contributed by atoms with Gasteiger partial charge in [-0.05, 0) is 31.2 Å². The summed E-state index contributed by atoms with van der Waals surface area (Å²) in [4.78, 5) is 15.2. The highest BCUT2D eigenvalue weighted by atomic mass is 16.5. The van der Waals surface area contributed by atoms with E-state index in [4.69, 9.17) is 10.5 Å². The summed E-state index contributed by atoms with van der Waals surface area (Å²) in [7, 11) is 0. The molecule has 6 heteroatoms. The molecule has 0 aromatic heterocycles. The summed E-state index contributed by atoms with van der Waals surface area (Å²) < 4.78 is 5.69. The van der Waals surface area contributed by atoms with Crippen molar-refractivity contribution in [3.05, 3.63) is 24.3 Å². The average molecular weight is 307 g/mol. The number of hydrogen-bond donors (Lipinski definition) is 2. The fourth-order valence-corrected chi connectivity index (χ4v) is 2.52. The van der Waals surface area contributed by atoms with E-state index in [2.05, 4.69) is 9.80 Å². The van der Waals surface area contributed by atoms with Crippen LogP contribution >= 0.6 is 0 Å². The van der Waals surface area contributed by atoms with Crippen LogP contribution in [0.2, 0.25) is 0 Å². The van der Waals surface area contributed by atoms with Crippen molar-refractivity contribution in [2.75, 3.05) is 51.6 Å². The Balaban J connectivity index is 1.65. The number of carbonyl (C=O) groups excluding carboxylic acids is 1. The van der Waals surface area contributed by atoms with Crippen molar-refractivity contribution in [2.45, 2.75) is 12.5 Å². The van der Waals surface area contributed by atoms with Gasteiger partial charge in [-0.2, -0.15) is 0 Å².